The average Bonchev–Trinajstić information content (AvgIpc) is 3.23. The molecule has 3 aromatic rings. The van der Waals surface area contributed by atoms with Crippen molar-refractivity contribution in [2.75, 3.05) is 25.6 Å². The molecule has 1 aliphatic heterocycles. The predicted octanol–water partition coefficient (Wildman–Crippen LogP) is 4.53. The molecule has 1 unspecified atom stereocenters. The molecule has 150 valence electrons. The van der Waals surface area contributed by atoms with Gasteiger partial charge >= 0.3 is 6.03 Å². The monoisotopic (exact) mass is 391 g/mol. The molecular weight excluding hydrogens is 366 g/mol. The standard InChI is InChI=1S/C23H25N3O3/c1-3-29-21-12-5-4-10-19(21)24-23(27)26-15-14-25-13-7-11-20(25)22(26)17-8-6-9-18(16-17)28-2/h4-13,16,22H,3,14-15H2,1-2H3,(H,24,27). The minimum absolute atomic E-state index is 0.155. The average molecular weight is 391 g/mol. The Morgan fingerprint density at radius 1 is 1.10 bits per heavy atom. The Hall–Kier alpha value is -3.41. The molecule has 0 aliphatic carbocycles. The zero-order valence-corrected chi connectivity index (χ0v) is 16.7. The van der Waals surface area contributed by atoms with E-state index >= 15 is 0 Å². The van der Waals surface area contributed by atoms with E-state index in [0.29, 0.717) is 24.6 Å². The van der Waals surface area contributed by atoms with Crippen LogP contribution in [-0.4, -0.2) is 35.8 Å². The number of hydrogen-bond acceptors (Lipinski definition) is 3. The highest BCUT2D eigenvalue weighted by Crippen LogP contribution is 2.35. The normalized spacial score (nSPS) is 15.5. The summed E-state index contributed by atoms with van der Waals surface area (Å²) in [6.45, 7) is 3.82. The summed E-state index contributed by atoms with van der Waals surface area (Å²) in [6.07, 6.45) is 2.06. The van der Waals surface area contributed by atoms with Crippen LogP contribution in [0.25, 0.3) is 0 Å². The molecule has 1 aromatic heterocycles. The molecule has 0 radical (unpaired) electrons. The van der Waals surface area contributed by atoms with Crippen molar-refractivity contribution in [2.45, 2.75) is 19.5 Å². The van der Waals surface area contributed by atoms with E-state index in [2.05, 4.69) is 22.1 Å². The molecule has 0 saturated heterocycles. The van der Waals surface area contributed by atoms with E-state index in [1.807, 2.05) is 66.4 Å². The van der Waals surface area contributed by atoms with Gasteiger partial charge in [-0.15, -0.1) is 0 Å². The molecule has 1 N–H and O–H groups in total. The summed E-state index contributed by atoms with van der Waals surface area (Å²) in [7, 11) is 1.65. The van der Waals surface area contributed by atoms with Crippen LogP contribution < -0.4 is 14.8 Å². The van der Waals surface area contributed by atoms with E-state index < -0.39 is 0 Å². The summed E-state index contributed by atoms with van der Waals surface area (Å²) in [6, 6.07) is 19.1. The van der Waals surface area contributed by atoms with Crippen molar-refractivity contribution in [1.29, 1.82) is 0 Å². The minimum Gasteiger partial charge on any atom is -0.497 e. The number of amides is 2. The molecule has 0 bridgehead atoms. The molecular formula is C23H25N3O3. The Kier molecular flexibility index (Phi) is 5.42. The van der Waals surface area contributed by atoms with Crippen molar-refractivity contribution in [3.8, 4) is 11.5 Å². The summed E-state index contributed by atoms with van der Waals surface area (Å²) in [5, 5.41) is 3.04. The van der Waals surface area contributed by atoms with Crippen LogP contribution in [-0.2, 0) is 6.54 Å². The Morgan fingerprint density at radius 2 is 1.97 bits per heavy atom. The number of ether oxygens (including phenoxy) is 2. The fraction of sp³-hybridized carbons (Fsp3) is 0.261. The van der Waals surface area contributed by atoms with Crippen LogP contribution in [0.4, 0.5) is 10.5 Å². The number of rotatable bonds is 5. The number of nitrogens with zero attached hydrogens (tertiary/aromatic N) is 2. The summed E-state index contributed by atoms with van der Waals surface area (Å²) >= 11 is 0. The van der Waals surface area contributed by atoms with E-state index in [1.54, 1.807) is 7.11 Å². The second kappa shape index (κ2) is 8.31. The number of methoxy groups -OCH3 is 1. The molecule has 29 heavy (non-hydrogen) atoms. The van der Waals surface area contributed by atoms with E-state index in [0.717, 1.165) is 23.6 Å². The number of carbonyl (C=O) groups excluding carboxylic acids is 1. The maximum Gasteiger partial charge on any atom is 0.322 e. The summed E-state index contributed by atoms with van der Waals surface area (Å²) in [5.41, 5.74) is 2.76. The number of urea groups is 1. The molecule has 0 saturated carbocycles. The quantitative estimate of drug-likeness (QED) is 0.695. The van der Waals surface area contributed by atoms with Gasteiger partial charge in [-0.25, -0.2) is 4.79 Å². The highest BCUT2D eigenvalue weighted by molar-refractivity contribution is 5.91. The molecule has 4 rings (SSSR count). The zero-order chi connectivity index (χ0) is 20.2. The molecule has 1 atom stereocenters. The van der Waals surface area contributed by atoms with Gasteiger partial charge in [-0.1, -0.05) is 24.3 Å². The van der Waals surface area contributed by atoms with Crippen molar-refractivity contribution >= 4 is 11.7 Å². The van der Waals surface area contributed by atoms with Gasteiger partial charge in [-0.3, -0.25) is 0 Å². The van der Waals surface area contributed by atoms with Crippen LogP contribution in [0.1, 0.15) is 24.2 Å². The third-order valence-corrected chi connectivity index (χ3v) is 5.14. The molecule has 6 heteroatoms. The topological polar surface area (TPSA) is 55.7 Å². The number of nitrogens with one attached hydrogen (secondary N) is 1. The van der Waals surface area contributed by atoms with Crippen molar-refractivity contribution in [3.05, 3.63) is 78.1 Å². The summed E-state index contributed by atoms with van der Waals surface area (Å²) in [5.74, 6) is 1.44. The van der Waals surface area contributed by atoms with E-state index in [4.69, 9.17) is 9.47 Å². The lowest BCUT2D eigenvalue weighted by Gasteiger charge is -2.37. The fourth-order valence-corrected chi connectivity index (χ4v) is 3.80. The van der Waals surface area contributed by atoms with Crippen LogP contribution >= 0.6 is 0 Å². The van der Waals surface area contributed by atoms with Gasteiger partial charge in [0, 0.05) is 25.0 Å². The SMILES string of the molecule is CCOc1ccccc1NC(=O)N1CCn2cccc2C1c1cccc(OC)c1. The van der Waals surface area contributed by atoms with Gasteiger partial charge in [-0.05, 0) is 48.9 Å². The van der Waals surface area contributed by atoms with Gasteiger partial charge in [0.15, 0.2) is 0 Å². The highest BCUT2D eigenvalue weighted by Gasteiger charge is 2.32. The summed E-state index contributed by atoms with van der Waals surface area (Å²) in [4.78, 5) is 15.2. The smallest absolute Gasteiger partial charge is 0.322 e. The Morgan fingerprint density at radius 3 is 2.79 bits per heavy atom. The highest BCUT2D eigenvalue weighted by atomic mass is 16.5. The molecule has 0 spiro atoms. The minimum atomic E-state index is -0.201. The molecule has 0 fully saturated rings. The number of fused-ring (bicyclic) bond motifs is 1. The second-order valence-corrected chi connectivity index (χ2v) is 6.86. The lowest BCUT2D eigenvalue weighted by Crippen LogP contribution is -2.44. The van der Waals surface area contributed by atoms with E-state index in [1.165, 1.54) is 0 Å². The number of benzene rings is 2. The van der Waals surface area contributed by atoms with Crippen molar-refractivity contribution in [1.82, 2.24) is 9.47 Å². The Balaban J connectivity index is 1.67. The largest absolute Gasteiger partial charge is 0.497 e. The van der Waals surface area contributed by atoms with Crippen LogP contribution in [0.3, 0.4) is 0 Å². The molecule has 2 amide bonds. The second-order valence-electron chi connectivity index (χ2n) is 6.86. The van der Waals surface area contributed by atoms with Crippen molar-refractivity contribution in [2.24, 2.45) is 0 Å². The first-order valence-corrected chi connectivity index (χ1v) is 9.79. The number of carbonyl (C=O) groups is 1. The van der Waals surface area contributed by atoms with Gasteiger partial charge in [0.25, 0.3) is 0 Å². The van der Waals surface area contributed by atoms with E-state index in [-0.39, 0.29) is 12.1 Å². The lowest BCUT2D eigenvalue weighted by molar-refractivity contribution is 0.181. The first-order valence-electron chi connectivity index (χ1n) is 9.79. The maximum atomic E-state index is 13.3. The molecule has 2 aromatic carbocycles. The van der Waals surface area contributed by atoms with Gasteiger partial charge in [0.2, 0.25) is 0 Å². The molecule has 2 heterocycles. The van der Waals surface area contributed by atoms with Gasteiger partial charge in [0.1, 0.15) is 11.5 Å². The predicted molar refractivity (Wildman–Crippen MR) is 113 cm³/mol. The third kappa shape index (κ3) is 3.78. The van der Waals surface area contributed by atoms with Crippen molar-refractivity contribution in [3.63, 3.8) is 0 Å². The van der Waals surface area contributed by atoms with Crippen LogP contribution in [0.15, 0.2) is 66.9 Å². The first-order chi connectivity index (χ1) is 14.2. The molecule has 6 nitrogen and oxygen atoms in total. The maximum absolute atomic E-state index is 13.3. The van der Waals surface area contributed by atoms with Crippen LogP contribution in [0.2, 0.25) is 0 Å². The Labute approximate surface area is 170 Å². The number of hydrogen-bond donors (Lipinski definition) is 1. The fourth-order valence-electron chi connectivity index (χ4n) is 3.80. The lowest BCUT2D eigenvalue weighted by atomic mass is 10.00. The zero-order valence-electron chi connectivity index (χ0n) is 16.7. The van der Waals surface area contributed by atoms with Gasteiger partial charge in [-0.2, -0.15) is 0 Å². The third-order valence-electron chi connectivity index (χ3n) is 5.14. The number of anilines is 1. The first kappa shape index (κ1) is 18.9. The van der Waals surface area contributed by atoms with Crippen molar-refractivity contribution < 1.29 is 14.3 Å². The number of aromatic nitrogens is 1. The number of para-hydroxylation sites is 2. The van der Waals surface area contributed by atoms with Gasteiger partial charge < -0.3 is 24.3 Å². The summed E-state index contributed by atoms with van der Waals surface area (Å²) < 4.78 is 13.3. The van der Waals surface area contributed by atoms with Crippen LogP contribution in [0, 0.1) is 0 Å². The van der Waals surface area contributed by atoms with Gasteiger partial charge in [0.05, 0.1) is 25.4 Å². The molecule has 1 aliphatic rings. The van der Waals surface area contributed by atoms with Crippen LogP contribution in [0.5, 0.6) is 11.5 Å². The van der Waals surface area contributed by atoms with E-state index in [9.17, 15) is 4.79 Å². The Bertz CT molecular complexity index is 998.